The van der Waals surface area contributed by atoms with Crippen LogP contribution in [0.2, 0.25) is 0 Å². The number of primary amides is 1. The lowest BCUT2D eigenvalue weighted by Gasteiger charge is -2.51. The summed E-state index contributed by atoms with van der Waals surface area (Å²) in [5.74, 6) is 1.35. The Morgan fingerprint density at radius 2 is 2.15 bits per heavy atom. The van der Waals surface area contributed by atoms with Gasteiger partial charge in [0.2, 0.25) is 0 Å². The van der Waals surface area contributed by atoms with E-state index in [4.69, 9.17) is 19.9 Å². The van der Waals surface area contributed by atoms with Crippen molar-refractivity contribution in [2.45, 2.75) is 45.3 Å². The molecule has 2 saturated carbocycles. The fraction of sp³-hybridized carbons (Fsp3) is 0.667. The Morgan fingerprint density at radius 3 is 2.81 bits per heavy atom. The van der Waals surface area contributed by atoms with E-state index >= 15 is 0 Å². The Kier molecular flexibility index (Phi) is 4.39. The van der Waals surface area contributed by atoms with Gasteiger partial charge in [0.1, 0.15) is 0 Å². The van der Waals surface area contributed by atoms with Crippen molar-refractivity contribution in [3.8, 4) is 11.5 Å². The molecule has 1 aromatic carbocycles. The maximum Gasteiger partial charge on any atom is 0.255 e. The maximum atomic E-state index is 11.1. The molecular weight excluding hydrogens is 346 g/mol. The molecule has 3 fully saturated rings. The van der Waals surface area contributed by atoms with Gasteiger partial charge in [-0.15, -0.1) is 0 Å². The number of aliphatic hydroxyl groups is 1. The zero-order chi connectivity index (χ0) is 19.4. The van der Waals surface area contributed by atoms with E-state index in [0.717, 1.165) is 24.8 Å². The normalized spacial score (nSPS) is 36.3. The molecule has 1 aromatic rings. The molecule has 1 spiro atoms. The van der Waals surface area contributed by atoms with Crippen LogP contribution in [0.4, 0.5) is 0 Å². The van der Waals surface area contributed by atoms with Crippen LogP contribution in [0.3, 0.4) is 0 Å². The van der Waals surface area contributed by atoms with Gasteiger partial charge >= 0.3 is 0 Å². The number of hydrogen-bond acceptors (Lipinski definition) is 5. The van der Waals surface area contributed by atoms with Crippen LogP contribution in [0.15, 0.2) is 18.2 Å². The van der Waals surface area contributed by atoms with E-state index in [9.17, 15) is 9.90 Å². The summed E-state index contributed by atoms with van der Waals surface area (Å²) in [5, 5.41) is 11.1. The first-order valence-corrected chi connectivity index (χ1v) is 9.68. The number of carbonyl (C=O) groups is 1. The van der Waals surface area contributed by atoms with Gasteiger partial charge in [-0.1, -0.05) is 19.9 Å². The number of aliphatic hydroxyl groups excluding tert-OH is 1. The van der Waals surface area contributed by atoms with Gasteiger partial charge in [-0.2, -0.15) is 0 Å². The number of carbonyl (C=O) groups excluding carboxylic acids is 1. The Morgan fingerprint density at radius 1 is 1.37 bits per heavy atom. The van der Waals surface area contributed by atoms with Crippen LogP contribution in [0.25, 0.3) is 0 Å². The zero-order valence-electron chi connectivity index (χ0n) is 16.2. The lowest BCUT2D eigenvalue weighted by Crippen LogP contribution is -2.51. The molecule has 1 saturated heterocycles. The van der Waals surface area contributed by atoms with Gasteiger partial charge in [0.05, 0.1) is 19.3 Å². The van der Waals surface area contributed by atoms with E-state index in [2.05, 4.69) is 13.8 Å². The van der Waals surface area contributed by atoms with Crippen LogP contribution in [-0.2, 0) is 9.53 Å². The molecule has 2 aliphatic carbocycles. The molecule has 1 aliphatic heterocycles. The van der Waals surface area contributed by atoms with Gasteiger partial charge in [-0.05, 0) is 54.2 Å². The largest absolute Gasteiger partial charge is 0.493 e. The van der Waals surface area contributed by atoms with Gasteiger partial charge in [0.25, 0.3) is 5.91 Å². The second-order valence-electron chi connectivity index (χ2n) is 8.91. The third kappa shape index (κ3) is 2.72. The van der Waals surface area contributed by atoms with E-state index in [-0.39, 0.29) is 29.6 Å². The van der Waals surface area contributed by atoms with Crippen molar-refractivity contribution in [1.29, 1.82) is 0 Å². The minimum absolute atomic E-state index is 0.0253. The van der Waals surface area contributed by atoms with Gasteiger partial charge in [0.15, 0.2) is 18.1 Å². The second-order valence-corrected chi connectivity index (χ2v) is 8.91. The Labute approximate surface area is 160 Å². The number of fused-ring (bicyclic) bond motifs is 1. The summed E-state index contributed by atoms with van der Waals surface area (Å²) in [5.41, 5.74) is 6.11. The molecule has 6 heteroatoms. The molecule has 6 nitrogen and oxygen atoms in total. The standard InChI is InChI=1S/C21H29NO5/c1-20(2)13-9-14-18(26-7-6-21(14,10-13)19(20)24)12-4-5-15(16(8-12)25-3)27-11-17(22)23/h4-5,8,13-14,18-19,24H,6-7,9-11H2,1-3H3,(H2,22,23)/t13-,14-,18-,19-,21?/m1/s1. The summed E-state index contributed by atoms with van der Waals surface area (Å²) in [6.45, 7) is 4.87. The van der Waals surface area contributed by atoms with Crippen molar-refractivity contribution < 1.29 is 24.1 Å². The molecule has 0 aromatic heterocycles. The Hall–Kier alpha value is -1.79. The number of nitrogens with two attached hydrogens (primary N) is 1. The zero-order valence-corrected chi connectivity index (χ0v) is 16.2. The van der Waals surface area contributed by atoms with E-state index in [1.54, 1.807) is 13.2 Å². The molecule has 1 heterocycles. The predicted molar refractivity (Wildman–Crippen MR) is 99.4 cm³/mol. The van der Waals surface area contributed by atoms with E-state index in [1.165, 1.54) is 0 Å². The van der Waals surface area contributed by atoms with Crippen LogP contribution >= 0.6 is 0 Å². The molecule has 148 valence electrons. The number of amides is 1. The first-order chi connectivity index (χ1) is 12.8. The molecule has 3 N–H and O–H groups in total. The first kappa shape index (κ1) is 18.6. The van der Waals surface area contributed by atoms with Crippen molar-refractivity contribution in [3.05, 3.63) is 23.8 Å². The number of rotatable bonds is 5. The molecular formula is C21H29NO5. The van der Waals surface area contributed by atoms with Crippen molar-refractivity contribution in [3.63, 3.8) is 0 Å². The minimum Gasteiger partial charge on any atom is -0.493 e. The molecule has 1 unspecified atom stereocenters. The van der Waals surface area contributed by atoms with Crippen LogP contribution in [0.1, 0.15) is 44.8 Å². The van der Waals surface area contributed by atoms with Crippen LogP contribution in [0.5, 0.6) is 11.5 Å². The van der Waals surface area contributed by atoms with Gasteiger partial charge in [0, 0.05) is 12.0 Å². The Balaban J connectivity index is 1.62. The third-order valence-corrected chi connectivity index (χ3v) is 7.32. The fourth-order valence-electron chi connectivity index (χ4n) is 5.88. The summed E-state index contributed by atoms with van der Waals surface area (Å²) in [4.78, 5) is 11.0. The highest BCUT2D eigenvalue weighted by atomic mass is 16.5. The van der Waals surface area contributed by atoms with Crippen molar-refractivity contribution in [1.82, 2.24) is 0 Å². The van der Waals surface area contributed by atoms with Gasteiger partial charge < -0.3 is 25.1 Å². The van der Waals surface area contributed by atoms with Crippen LogP contribution in [-0.4, -0.2) is 37.4 Å². The number of benzene rings is 1. The predicted octanol–water partition coefficient (Wildman–Crippen LogP) is 2.43. The average Bonchev–Trinajstić information content (AvgIpc) is 3.13. The van der Waals surface area contributed by atoms with E-state index in [1.807, 2.05) is 12.1 Å². The number of methoxy groups -OCH3 is 1. The molecule has 5 atom stereocenters. The quantitative estimate of drug-likeness (QED) is 0.825. The topological polar surface area (TPSA) is 91.0 Å². The summed E-state index contributed by atoms with van der Waals surface area (Å²) < 4.78 is 17.1. The van der Waals surface area contributed by atoms with Gasteiger partial charge in [-0.3, -0.25) is 4.79 Å². The highest BCUT2D eigenvalue weighted by Gasteiger charge is 2.68. The number of ether oxygens (including phenoxy) is 3. The lowest BCUT2D eigenvalue weighted by atomic mass is 9.60. The van der Waals surface area contributed by atoms with Crippen molar-refractivity contribution in [2.24, 2.45) is 28.4 Å². The number of hydrogen-bond donors (Lipinski definition) is 2. The summed E-state index contributed by atoms with van der Waals surface area (Å²) in [7, 11) is 1.57. The van der Waals surface area contributed by atoms with Crippen LogP contribution in [0, 0.1) is 22.7 Å². The Bertz CT molecular complexity index is 748. The molecule has 0 radical (unpaired) electrons. The van der Waals surface area contributed by atoms with E-state index in [0.29, 0.717) is 29.9 Å². The monoisotopic (exact) mass is 375 g/mol. The highest BCUT2D eigenvalue weighted by molar-refractivity contribution is 5.75. The first-order valence-electron chi connectivity index (χ1n) is 9.68. The molecule has 1 amide bonds. The molecule has 2 bridgehead atoms. The summed E-state index contributed by atoms with van der Waals surface area (Å²) in [6.07, 6.45) is 2.74. The second kappa shape index (κ2) is 6.38. The van der Waals surface area contributed by atoms with Crippen molar-refractivity contribution in [2.75, 3.05) is 20.3 Å². The fourth-order valence-corrected chi connectivity index (χ4v) is 5.88. The summed E-state index contributed by atoms with van der Waals surface area (Å²) in [6, 6.07) is 5.69. The van der Waals surface area contributed by atoms with Crippen molar-refractivity contribution >= 4 is 5.91 Å². The molecule has 3 aliphatic rings. The SMILES string of the molecule is COc1cc([C@H]2OCCC34C[C@@H](C[C@H]23)C(C)(C)[C@H]4O)ccc1OCC(N)=O. The van der Waals surface area contributed by atoms with Gasteiger partial charge in [-0.25, -0.2) is 0 Å². The summed E-state index contributed by atoms with van der Waals surface area (Å²) >= 11 is 0. The molecule has 27 heavy (non-hydrogen) atoms. The molecule has 4 rings (SSSR count). The van der Waals surface area contributed by atoms with Crippen LogP contribution < -0.4 is 15.2 Å². The minimum atomic E-state index is -0.530. The van der Waals surface area contributed by atoms with E-state index < -0.39 is 5.91 Å². The smallest absolute Gasteiger partial charge is 0.255 e. The maximum absolute atomic E-state index is 11.1. The average molecular weight is 375 g/mol. The lowest BCUT2D eigenvalue weighted by molar-refractivity contribution is -0.164. The third-order valence-electron chi connectivity index (χ3n) is 7.32. The highest BCUT2D eigenvalue weighted by Crippen LogP contribution is 2.70.